The van der Waals surface area contributed by atoms with Crippen LogP contribution in [0.15, 0.2) is 59.5 Å². The van der Waals surface area contributed by atoms with Crippen LogP contribution in [0, 0.1) is 0 Å². The molecule has 4 heteroatoms. The molecule has 0 aromatic heterocycles. The zero-order valence-corrected chi connectivity index (χ0v) is 13.0. The van der Waals surface area contributed by atoms with E-state index in [1.165, 1.54) is 12.1 Å². The summed E-state index contributed by atoms with van der Waals surface area (Å²) in [6.45, 7) is 3.72. The van der Waals surface area contributed by atoms with Crippen LogP contribution < -0.4 is 4.74 Å². The van der Waals surface area contributed by atoms with Crippen molar-refractivity contribution in [3.05, 3.63) is 70.6 Å². The summed E-state index contributed by atoms with van der Waals surface area (Å²) >= 11 is 0. The number of rotatable bonds is 2. The molecule has 1 aliphatic heterocycles. The van der Waals surface area contributed by atoms with Crippen molar-refractivity contribution in [1.82, 2.24) is 0 Å². The molecular weight excluding hydrogens is 295 g/mol. The minimum absolute atomic E-state index is 0.157. The molecule has 3 rings (SSSR count). The predicted molar refractivity (Wildman–Crippen MR) is 87.1 cm³/mol. The normalized spacial score (nSPS) is 20.2. The van der Waals surface area contributed by atoms with Crippen LogP contribution in [0.3, 0.4) is 0 Å². The second-order valence-corrected chi connectivity index (χ2v) is 5.74. The average molecular weight is 312 g/mol. The third kappa shape index (κ3) is 2.97. The highest BCUT2D eigenvalue weighted by Crippen LogP contribution is 2.40. The quantitative estimate of drug-likeness (QED) is 0.862. The Morgan fingerprint density at radius 1 is 1.39 bits per heavy atom. The molecule has 0 spiro atoms. The standard InChI is InChI=1S/C19H17FO3/c1-11-4-3-5-14(17(20)8-11)15-9-12(2)23-18-7-6-13(19(21)22)10-16(15)18/h3-4,6-10,12H,5H2,1-2H3,(H,21,22). The molecule has 1 aliphatic carbocycles. The molecule has 0 fully saturated rings. The number of carboxylic acid groups (broad SMARTS) is 1. The molecule has 1 N–H and O–H groups in total. The molecule has 1 aromatic rings. The van der Waals surface area contributed by atoms with Crippen LogP contribution in [0.1, 0.15) is 36.2 Å². The SMILES string of the molecule is CC1=CC(F)=C(C2=CC(C)Oc3ccc(C(=O)O)cc32)CC=C1. The number of aromatic carboxylic acids is 1. The first-order chi connectivity index (χ1) is 11.0. The van der Waals surface area contributed by atoms with E-state index in [9.17, 15) is 14.3 Å². The van der Waals surface area contributed by atoms with Gasteiger partial charge in [0.05, 0.1) is 5.56 Å². The van der Waals surface area contributed by atoms with Crippen LogP contribution in [0.25, 0.3) is 5.57 Å². The number of fused-ring (bicyclic) bond motifs is 1. The number of allylic oxidation sites excluding steroid dienone is 7. The molecular formula is C19H17FO3. The smallest absolute Gasteiger partial charge is 0.335 e. The highest BCUT2D eigenvalue weighted by Gasteiger charge is 2.24. The molecule has 1 aromatic carbocycles. The van der Waals surface area contributed by atoms with Crippen LogP contribution >= 0.6 is 0 Å². The van der Waals surface area contributed by atoms with Gasteiger partial charge in [-0.05, 0) is 67.3 Å². The van der Waals surface area contributed by atoms with Gasteiger partial charge in [0.2, 0.25) is 0 Å². The first kappa shape index (κ1) is 15.3. The lowest BCUT2D eigenvalue weighted by atomic mass is 9.90. The van der Waals surface area contributed by atoms with Crippen molar-refractivity contribution < 1.29 is 19.0 Å². The number of ether oxygens (including phenoxy) is 1. The predicted octanol–water partition coefficient (Wildman–Crippen LogP) is 4.68. The van der Waals surface area contributed by atoms with Crippen molar-refractivity contribution in [2.24, 2.45) is 0 Å². The van der Waals surface area contributed by atoms with Crippen molar-refractivity contribution in [2.75, 3.05) is 0 Å². The fourth-order valence-electron chi connectivity index (χ4n) is 2.83. The molecule has 0 bridgehead atoms. The highest BCUT2D eigenvalue weighted by molar-refractivity contribution is 5.92. The summed E-state index contributed by atoms with van der Waals surface area (Å²) in [6.07, 6.45) is 7.38. The fraction of sp³-hybridized carbons (Fsp3) is 0.211. The molecule has 23 heavy (non-hydrogen) atoms. The van der Waals surface area contributed by atoms with Crippen LogP contribution in [0.5, 0.6) is 5.75 Å². The molecule has 2 aliphatic rings. The number of hydrogen-bond acceptors (Lipinski definition) is 2. The van der Waals surface area contributed by atoms with Crippen LogP contribution in [0.2, 0.25) is 0 Å². The summed E-state index contributed by atoms with van der Waals surface area (Å²) in [7, 11) is 0. The Bertz CT molecular complexity index is 797. The van der Waals surface area contributed by atoms with Gasteiger partial charge in [-0.2, -0.15) is 0 Å². The molecule has 0 saturated carbocycles. The van der Waals surface area contributed by atoms with E-state index < -0.39 is 5.97 Å². The van der Waals surface area contributed by atoms with E-state index in [1.54, 1.807) is 12.1 Å². The number of benzene rings is 1. The van der Waals surface area contributed by atoms with Crippen LogP contribution in [-0.2, 0) is 0 Å². The summed E-state index contributed by atoms with van der Waals surface area (Å²) in [6, 6.07) is 4.67. The average Bonchev–Trinajstić information content (AvgIpc) is 2.66. The van der Waals surface area contributed by atoms with Gasteiger partial charge in [0.1, 0.15) is 17.7 Å². The fourth-order valence-corrected chi connectivity index (χ4v) is 2.83. The Hall–Kier alpha value is -2.62. The van der Waals surface area contributed by atoms with E-state index in [4.69, 9.17) is 4.74 Å². The summed E-state index contributed by atoms with van der Waals surface area (Å²) in [5.41, 5.74) is 2.88. The zero-order chi connectivity index (χ0) is 16.6. The van der Waals surface area contributed by atoms with E-state index in [0.717, 1.165) is 5.57 Å². The first-order valence-electron chi connectivity index (χ1n) is 7.46. The van der Waals surface area contributed by atoms with E-state index in [1.807, 2.05) is 32.1 Å². The zero-order valence-electron chi connectivity index (χ0n) is 13.0. The molecule has 1 unspecified atom stereocenters. The van der Waals surface area contributed by atoms with Gasteiger partial charge < -0.3 is 9.84 Å². The third-order valence-electron chi connectivity index (χ3n) is 3.90. The van der Waals surface area contributed by atoms with E-state index >= 15 is 0 Å². The Kier molecular flexibility index (Phi) is 3.90. The summed E-state index contributed by atoms with van der Waals surface area (Å²) in [4.78, 5) is 11.2. The lowest BCUT2D eigenvalue weighted by molar-refractivity contribution is 0.0697. The molecule has 0 amide bonds. The summed E-state index contributed by atoms with van der Waals surface area (Å²) < 4.78 is 20.3. The van der Waals surface area contributed by atoms with Crippen LogP contribution in [-0.4, -0.2) is 17.2 Å². The van der Waals surface area contributed by atoms with Gasteiger partial charge in [0.25, 0.3) is 0 Å². The van der Waals surface area contributed by atoms with Gasteiger partial charge in [0.15, 0.2) is 0 Å². The third-order valence-corrected chi connectivity index (χ3v) is 3.90. The maximum Gasteiger partial charge on any atom is 0.335 e. The number of hydrogen-bond donors (Lipinski definition) is 1. The molecule has 3 nitrogen and oxygen atoms in total. The van der Waals surface area contributed by atoms with Gasteiger partial charge in [-0.15, -0.1) is 0 Å². The van der Waals surface area contributed by atoms with Crippen molar-refractivity contribution in [2.45, 2.75) is 26.4 Å². The Balaban J connectivity index is 2.17. The van der Waals surface area contributed by atoms with Gasteiger partial charge in [-0.25, -0.2) is 9.18 Å². The van der Waals surface area contributed by atoms with Crippen molar-refractivity contribution in [3.63, 3.8) is 0 Å². The van der Waals surface area contributed by atoms with Gasteiger partial charge in [0, 0.05) is 5.56 Å². The maximum atomic E-state index is 14.6. The first-order valence-corrected chi connectivity index (χ1v) is 7.46. The lowest BCUT2D eigenvalue weighted by Gasteiger charge is -2.25. The Morgan fingerprint density at radius 3 is 2.91 bits per heavy atom. The largest absolute Gasteiger partial charge is 0.486 e. The van der Waals surface area contributed by atoms with Crippen molar-refractivity contribution >= 4 is 11.5 Å². The second kappa shape index (κ2) is 5.88. The Labute approximate surface area is 134 Å². The van der Waals surface area contributed by atoms with Crippen molar-refractivity contribution in [1.29, 1.82) is 0 Å². The number of carbonyl (C=O) groups is 1. The topological polar surface area (TPSA) is 46.5 Å². The highest BCUT2D eigenvalue weighted by atomic mass is 19.1. The molecule has 1 heterocycles. The van der Waals surface area contributed by atoms with Gasteiger partial charge in [-0.3, -0.25) is 0 Å². The monoisotopic (exact) mass is 312 g/mol. The number of carboxylic acids is 1. The van der Waals surface area contributed by atoms with E-state index in [0.29, 0.717) is 28.9 Å². The molecule has 0 radical (unpaired) electrons. The van der Waals surface area contributed by atoms with Crippen molar-refractivity contribution in [3.8, 4) is 5.75 Å². The summed E-state index contributed by atoms with van der Waals surface area (Å²) in [5.74, 6) is -0.731. The van der Waals surface area contributed by atoms with Gasteiger partial charge in [-0.1, -0.05) is 12.2 Å². The maximum absolute atomic E-state index is 14.6. The van der Waals surface area contributed by atoms with E-state index in [-0.39, 0.29) is 17.5 Å². The Morgan fingerprint density at radius 2 is 2.17 bits per heavy atom. The van der Waals surface area contributed by atoms with Crippen LogP contribution in [0.4, 0.5) is 4.39 Å². The van der Waals surface area contributed by atoms with E-state index in [2.05, 4.69) is 0 Å². The molecule has 1 atom stereocenters. The minimum Gasteiger partial charge on any atom is -0.486 e. The summed E-state index contributed by atoms with van der Waals surface area (Å²) in [5, 5.41) is 9.20. The minimum atomic E-state index is -1.02. The number of halogens is 1. The second-order valence-electron chi connectivity index (χ2n) is 5.74. The lowest BCUT2D eigenvalue weighted by Crippen LogP contribution is -2.16. The molecule has 118 valence electrons. The van der Waals surface area contributed by atoms with Gasteiger partial charge >= 0.3 is 5.97 Å². The molecule has 0 saturated heterocycles.